The van der Waals surface area contributed by atoms with E-state index in [2.05, 4.69) is 40.6 Å². The number of nitrogens with two attached hydrogens (primary N) is 1. The van der Waals surface area contributed by atoms with Crippen LogP contribution in [0.15, 0.2) is 60.7 Å². The Kier molecular flexibility index (Phi) is 7.05. The van der Waals surface area contributed by atoms with Gasteiger partial charge in [-0.15, -0.1) is 0 Å². The minimum Gasteiger partial charge on any atom is -0.506 e. The van der Waals surface area contributed by atoms with Crippen LogP contribution in [-0.2, 0) is 12.8 Å². The molecule has 4 aromatic rings. The van der Waals surface area contributed by atoms with Crippen molar-refractivity contribution >= 4 is 16.6 Å². The number of nitrogens with one attached hydrogen (secondary N) is 2. The van der Waals surface area contributed by atoms with Crippen LogP contribution in [-0.4, -0.2) is 37.4 Å². The Morgan fingerprint density at radius 3 is 2.52 bits per heavy atom. The molecule has 4 rings (SSSR count). The van der Waals surface area contributed by atoms with Crippen molar-refractivity contribution in [3.05, 3.63) is 71.8 Å². The van der Waals surface area contributed by atoms with Gasteiger partial charge in [-0.2, -0.15) is 0 Å². The van der Waals surface area contributed by atoms with Crippen LogP contribution < -0.4 is 20.5 Å². The van der Waals surface area contributed by atoms with E-state index in [1.807, 2.05) is 24.3 Å². The molecular formula is C27H31N3O3. The molecule has 6 nitrogen and oxygen atoms in total. The van der Waals surface area contributed by atoms with Gasteiger partial charge in [-0.05, 0) is 79.9 Å². The molecule has 0 aliphatic heterocycles. The summed E-state index contributed by atoms with van der Waals surface area (Å²) in [6.07, 6.45) is 2.82. The van der Waals surface area contributed by atoms with Gasteiger partial charge in [-0.1, -0.05) is 24.3 Å². The topological polar surface area (TPSA) is 92.5 Å². The van der Waals surface area contributed by atoms with E-state index in [9.17, 15) is 5.11 Å². The molecular weight excluding hydrogens is 414 g/mol. The molecule has 6 heteroatoms. The Bertz CT molecular complexity index is 1230. The predicted octanol–water partition coefficient (Wildman–Crippen LogP) is 4.90. The van der Waals surface area contributed by atoms with Crippen LogP contribution in [0.5, 0.6) is 17.2 Å². The van der Waals surface area contributed by atoms with Gasteiger partial charge in [0.05, 0.1) is 19.9 Å². The summed E-state index contributed by atoms with van der Waals surface area (Å²) >= 11 is 0. The first kappa shape index (κ1) is 22.6. The van der Waals surface area contributed by atoms with E-state index in [-0.39, 0.29) is 5.75 Å². The quantitative estimate of drug-likeness (QED) is 0.158. The first-order valence-electron chi connectivity index (χ1n) is 11.2. The lowest BCUT2D eigenvalue weighted by molar-refractivity contribution is 0.355. The summed E-state index contributed by atoms with van der Waals surface area (Å²) in [6.45, 7) is 1.79. The molecule has 0 aliphatic rings. The van der Waals surface area contributed by atoms with Gasteiger partial charge < -0.3 is 30.6 Å². The Morgan fingerprint density at radius 2 is 1.73 bits per heavy atom. The van der Waals surface area contributed by atoms with Gasteiger partial charge in [0, 0.05) is 22.2 Å². The van der Waals surface area contributed by atoms with Gasteiger partial charge in [0.25, 0.3) is 0 Å². The van der Waals surface area contributed by atoms with Gasteiger partial charge in [-0.25, -0.2) is 0 Å². The van der Waals surface area contributed by atoms with Crippen LogP contribution in [0.25, 0.3) is 22.2 Å². The van der Waals surface area contributed by atoms with Crippen molar-refractivity contribution in [1.82, 2.24) is 10.3 Å². The van der Waals surface area contributed by atoms with Gasteiger partial charge in [0.15, 0.2) is 11.5 Å². The number of phenolic OH excluding ortho intramolecular Hbond substituents is 1. The summed E-state index contributed by atoms with van der Waals surface area (Å²) in [5, 5.41) is 14.4. The van der Waals surface area contributed by atoms with E-state index < -0.39 is 0 Å². The third-order valence-corrected chi connectivity index (χ3v) is 5.95. The van der Waals surface area contributed by atoms with Crippen LogP contribution in [0.3, 0.4) is 0 Å². The maximum Gasteiger partial charge on any atom is 0.161 e. The number of aromatic hydroxyl groups is 1. The first-order chi connectivity index (χ1) is 16.1. The van der Waals surface area contributed by atoms with Gasteiger partial charge in [-0.3, -0.25) is 0 Å². The second kappa shape index (κ2) is 10.3. The number of hydrogen-bond acceptors (Lipinski definition) is 5. The number of aryl methyl sites for hydroxylation is 1. The maximum absolute atomic E-state index is 9.56. The van der Waals surface area contributed by atoms with Gasteiger partial charge in [0.2, 0.25) is 0 Å². The van der Waals surface area contributed by atoms with E-state index >= 15 is 0 Å². The number of H-pyrrole nitrogens is 1. The lowest BCUT2D eigenvalue weighted by atomic mass is 10.0. The number of hydrogen-bond donors (Lipinski definition) is 4. The molecule has 1 heterocycles. The van der Waals surface area contributed by atoms with Crippen LogP contribution in [0.1, 0.15) is 17.5 Å². The standard InChI is InChI=1S/C27H31N3O3/c1-32-25-12-10-19(17-26(25)33-2)27-21(20-7-3-4-8-23(20)30-27)13-15-29-14-5-6-18-9-11-24(31)22(28)16-18/h3-4,7-12,16-17,29-31H,5-6,13-15,28H2,1-2H3. The summed E-state index contributed by atoms with van der Waals surface area (Å²) in [5.74, 6) is 1.57. The molecule has 0 saturated carbocycles. The molecule has 1 aromatic heterocycles. The van der Waals surface area contributed by atoms with Crippen molar-refractivity contribution in [2.45, 2.75) is 19.3 Å². The highest BCUT2D eigenvalue weighted by Crippen LogP contribution is 2.36. The number of phenols is 1. The fourth-order valence-corrected chi connectivity index (χ4v) is 4.21. The number of aromatic nitrogens is 1. The normalized spacial score (nSPS) is 11.1. The molecule has 172 valence electrons. The number of rotatable bonds is 10. The molecule has 0 bridgehead atoms. The Labute approximate surface area is 194 Å². The molecule has 0 saturated heterocycles. The minimum atomic E-state index is 0.140. The number of ether oxygens (including phenoxy) is 2. The zero-order valence-corrected chi connectivity index (χ0v) is 19.2. The molecule has 0 fully saturated rings. The largest absolute Gasteiger partial charge is 0.506 e. The SMILES string of the molecule is COc1ccc(-c2[nH]c3ccccc3c2CCNCCCc2ccc(O)c(N)c2)cc1OC. The lowest BCUT2D eigenvalue weighted by Gasteiger charge is -2.11. The minimum absolute atomic E-state index is 0.140. The van der Waals surface area contributed by atoms with Gasteiger partial charge >= 0.3 is 0 Å². The highest BCUT2D eigenvalue weighted by atomic mass is 16.5. The molecule has 0 unspecified atom stereocenters. The molecule has 33 heavy (non-hydrogen) atoms. The van der Waals surface area contributed by atoms with Crippen LogP contribution >= 0.6 is 0 Å². The van der Waals surface area contributed by atoms with E-state index in [0.29, 0.717) is 11.4 Å². The third kappa shape index (κ3) is 5.07. The maximum atomic E-state index is 9.56. The van der Waals surface area contributed by atoms with Crippen molar-refractivity contribution < 1.29 is 14.6 Å². The van der Waals surface area contributed by atoms with E-state index in [4.69, 9.17) is 15.2 Å². The Morgan fingerprint density at radius 1 is 0.909 bits per heavy atom. The Hall–Kier alpha value is -3.64. The summed E-state index contributed by atoms with van der Waals surface area (Å²) in [4.78, 5) is 3.60. The summed E-state index contributed by atoms with van der Waals surface area (Å²) in [7, 11) is 3.30. The monoisotopic (exact) mass is 445 g/mol. The van der Waals surface area contributed by atoms with E-state index in [1.165, 1.54) is 10.9 Å². The van der Waals surface area contributed by atoms with Crippen LogP contribution in [0.4, 0.5) is 5.69 Å². The van der Waals surface area contributed by atoms with Crippen molar-refractivity contribution in [1.29, 1.82) is 0 Å². The molecule has 0 amide bonds. The lowest BCUT2D eigenvalue weighted by Crippen LogP contribution is -2.19. The first-order valence-corrected chi connectivity index (χ1v) is 11.2. The second-order valence-electron chi connectivity index (χ2n) is 8.09. The van der Waals surface area contributed by atoms with E-state index in [1.54, 1.807) is 20.3 Å². The second-order valence-corrected chi connectivity index (χ2v) is 8.09. The summed E-state index contributed by atoms with van der Waals surface area (Å²) in [5.41, 5.74) is 12.0. The zero-order chi connectivity index (χ0) is 23.2. The number of fused-ring (bicyclic) bond motifs is 1. The average molecular weight is 446 g/mol. The Balaban J connectivity index is 1.43. The molecule has 5 N–H and O–H groups in total. The van der Waals surface area contributed by atoms with Crippen molar-refractivity contribution in [2.24, 2.45) is 0 Å². The summed E-state index contributed by atoms with van der Waals surface area (Å²) < 4.78 is 10.9. The number of methoxy groups -OCH3 is 2. The fourth-order valence-electron chi connectivity index (χ4n) is 4.21. The highest BCUT2D eigenvalue weighted by Gasteiger charge is 2.15. The smallest absolute Gasteiger partial charge is 0.161 e. The number of aromatic amines is 1. The highest BCUT2D eigenvalue weighted by molar-refractivity contribution is 5.91. The zero-order valence-electron chi connectivity index (χ0n) is 19.2. The van der Waals surface area contributed by atoms with Crippen molar-refractivity contribution in [3.63, 3.8) is 0 Å². The van der Waals surface area contributed by atoms with Crippen LogP contribution in [0.2, 0.25) is 0 Å². The molecule has 3 aromatic carbocycles. The number of para-hydroxylation sites is 1. The molecule has 0 radical (unpaired) electrons. The molecule has 0 aliphatic carbocycles. The number of benzene rings is 3. The van der Waals surface area contributed by atoms with Crippen molar-refractivity contribution in [2.75, 3.05) is 33.0 Å². The van der Waals surface area contributed by atoms with Crippen LogP contribution in [0, 0.1) is 0 Å². The van der Waals surface area contributed by atoms with E-state index in [0.717, 1.165) is 60.4 Å². The fraction of sp³-hybridized carbons (Fsp3) is 0.259. The summed E-state index contributed by atoms with van der Waals surface area (Å²) in [6, 6.07) is 19.9. The molecule has 0 atom stereocenters. The van der Waals surface area contributed by atoms with Gasteiger partial charge in [0.1, 0.15) is 5.75 Å². The predicted molar refractivity (Wildman–Crippen MR) is 134 cm³/mol. The number of nitrogen functional groups attached to an aromatic ring is 1. The third-order valence-electron chi connectivity index (χ3n) is 5.95. The van der Waals surface area contributed by atoms with Crippen molar-refractivity contribution in [3.8, 4) is 28.5 Å². The average Bonchev–Trinajstić information content (AvgIpc) is 3.21. The number of anilines is 1. The molecule has 0 spiro atoms.